The summed E-state index contributed by atoms with van der Waals surface area (Å²) in [6.45, 7) is 0.212. The van der Waals surface area contributed by atoms with E-state index in [0.717, 1.165) is 35.1 Å². The van der Waals surface area contributed by atoms with Crippen LogP contribution in [0.2, 0.25) is 0 Å². The van der Waals surface area contributed by atoms with Gasteiger partial charge in [-0.2, -0.15) is 0 Å². The first-order valence-electron chi connectivity index (χ1n) is 11.1. The second-order valence-electron chi connectivity index (χ2n) is 8.43. The van der Waals surface area contributed by atoms with Crippen molar-refractivity contribution in [1.29, 1.82) is 0 Å². The average Bonchev–Trinajstić information content (AvgIpc) is 3.36. The van der Waals surface area contributed by atoms with Gasteiger partial charge >= 0.3 is 12.1 Å². The van der Waals surface area contributed by atoms with Crippen LogP contribution >= 0.6 is 0 Å². The summed E-state index contributed by atoms with van der Waals surface area (Å²) in [5, 5.41) is 14.2. The quantitative estimate of drug-likeness (QED) is 0.591. The number of amides is 2. The van der Waals surface area contributed by atoms with Gasteiger partial charge in [-0.3, -0.25) is 9.59 Å². The fourth-order valence-corrected chi connectivity index (χ4v) is 4.75. The van der Waals surface area contributed by atoms with Gasteiger partial charge < -0.3 is 20.5 Å². The maximum absolute atomic E-state index is 12.1. The first-order valence-corrected chi connectivity index (χ1v) is 11.1. The lowest BCUT2D eigenvalue weighted by molar-refractivity contribution is -0.138. The summed E-state index contributed by atoms with van der Waals surface area (Å²) < 4.78 is 5.43. The molecule has 0 aromatic heterocycles. The molecule has 0 unspecified atom stereocenters. The summed E-state index contributed by atoms with van der Waals surface area (Å²) in [6.07, 6.45) is 1.73. The molecule has 1 saturated carbocycles. The Balaban J connectivity index is 1.21. The Morgan fingerprint density at radius 1 is 1.00 bits per heavy atom. The number of rotatable bonds is 6. The molecule has 4 rings (SSSR count). The Morgan fingerprint density at radius 2 is 1.67 bits per heavy atom. The van der Waals surface area contributed by atoms with Crippen molar-refractivity contribution in [2.75, 3.05) is 13.2 Å². The van der Waals surface area contributed by atoms with Gasteiger partial charge in [0.1, 0.15) is 6.61 Å². The molecule has 0 spiro atoms. The molecule has 33 heavy (non-hydrogen) atoms. The van der Waals surface area contributed by atoms with Gasteiger partial charge in [0, 0.05) is 18.4 Å². The Bertz CT molecular complexity index is 1070. The van der Waals surface area contributed by atoms with Gasteiger partial charge in [0.05, 0.1) is 6.54 Å². The van der Waals surface area contributed by atoms with E-state index in [1.54, 1.807) is 0 Å². The van der Waals surface area contributed by atoms with Crippen LogP contribution in [0.5, 0.6) is 0 Å². The molecule has 7 nitrogen and oxygen atoms in total. The maximum atomic E-state index is 12.1. The third-order valence-electron chi connectivity index (χ3n) is 6.21. The van der Waals surface area contributed by atoms with Crippen molar-refractivity contribution in [2.45, 2.75) is 37.6 Å². The lowest BCUT2D eigenvalue weighted by Gasteiger charge is -2.14. The molecule has 0 radical (unpaired) electrons. The lowest BCUT2D eigenvalue weighted by atomic mass is 9.98. The predicted molar refractivity (Wildman–Crippen MR) is 122 cm³/mol. The van der Waals surface area contributed by atoms with Crippen molar-refractivity contribution in [3.05, 3.63) is 59.7 Å². The number of hydrogen-bond donors (Lipinski definition) is 3. The average molecular weight is 447 g/mol. The van der Waals surface area contributed by atoms with Gasteiger partial charge in [-0.25, -0.2) is 4.79 Å². The predicted octanol–water partition coefficient (Wildman–Crippen LogP) is 3.29. The smallest absolute Gasteiger partial charge is 0.407 e. The van der Waals surface area contributed by atoms with E-state index in [1.807, 2.05) is 24.3 Å². The van der Waals surface area contributed by atoms with Crippen LogP contribution in [0.4, 0.5) is 4.79 Å². The topological polar surface area (TPSA) is 105 Å². The van der Waals surface area contributed by atoms with Crippen molar-refractivity contribution in [1.82, 2.24) is 10.6 Å². The number of benzene rings is 2. The third kappa shape index (κ3) is 5.53. The monoisotopic (exact) mass is 446 g/mol. The number of carboxylic acids is 1. The Morgan fingerprint density at radius 3 is 2.33 bits per heavy atom. The highest BCUT2D eigenvalue weighted by Gasteiger charge is 2.29. The number of aliphatic carboxylic acids is 1. The molecule has 2 atom stereocenters. The summed E-state index contributed by atoms with van der Waals surface area (Å²) in [5.74, 6) is 3.92. The van der Waals surface area contributed by atoms with Crippen molar-refractivity contribution in [2.24, 2.45) is 5.92 Å². The first-order chi connectivity index (χ1) is 16.0. The molecule has 1 fully saturated rings. The normalized spacial score (nSPS) is 18.4. The van der Waals surface area contributed by atoms with Crippen LogP contribution in [-0.4, -0.2) is 42.3 Å². The number of hydrogen-bond acceptors (Lipinski definition) is 4. The fourth-order valence-electron chi connectivity index (χ4n) is 4.75. The minimum Gasteiger partial charge on any atom is -0.481 e. The summed E-state index contributed by atoms with van der Waals surface area (Å²) in [6, 6.07) is 16.2. The van der Waals surface area contributed by atoms with Crippen molar-refractivity contribution in [3.63, 3.8) is 0 Å². The number of ether oxygens (including phenoxy) is 1. The number of fused-ring (bicyclic) bond motifs is 3. The Labute approximate surface area is 192 Å². The van der Waals surface area contributed by atoms with Crippen LogP contribution in [-0.2, 0) is 14.3 Å². The summed E-state index contributed by atoms with van der Waals surface area (Å²) in [5.41, 5.74) is 4.60. The van der Waals surface area contributed by atoms with Crippen LogP contribution in [0.1, 0.15) is 42.7 Å². The van der Waals surface area contributed by atoms with Gasteiger partial charge in [-0.05, 0) is 53.4 Å². The van der Waals surface area contributed by atoms with E-state index in [2.05, 4.69) is 46.7 Å². The minimum atomic E-state index is -0.814. The zero-order chi connectivity index (χ0) is 23.2. The fraction of sp³-hybridized carbons (Fsp3) is 0.346. The second kappa shape index (κ2) is 10.2. The first kappa shape index (κ1) is 22.4. The molecular formula is C26H26N2O5. The molecule has 0 saturated heterocycles. The van der Waals surface area contributed by atoms with Crippen LogP contribution in [0.15, 0.2) is 48.5 Å². The van der Waals surface area contributed by atoms with Gasteiger partial charge in [0.15, 0.2) is 0 Å². The highest BCUT2D eigenvalue weighted by molar-refractivity contribution is 5.93. The largest absolute Gasteiger partial charge is 0.481 e. The summed E-state index contributed by atoms with van der Waals surface area (Å²) >= 11 is 0. The molecular weight excluding hydrogens is 420 g/mol. The summed E-state index contributed by atoms with van der Waals surface area (Å²) in [4.78, 5) is 34.9. The molecule has 3 N–H and O–H groups in total. The van der Waals surface area contributed by atoms with E-state index in [1.165, 1.54) is 0 Å². The highest BCUT2D eigenvalue weighted by atomic mass is 16.5. The molecule has 2 aliphatic rings. The number of alkyl carbamates (subject to hydrolysis) is 1. The highest BCUT2D eigenvalue weighted by Crippen LogP contribution is 2.44. The van der Waals surface area contributed by atoms with Crippen LogP contribution in [0.3, 0.4) is 0 Å². The molecule has 0 bridgehead atoms. The number of carbonyl (C=O) groups excluding carboxylic acids is 2. The van der Waals surface area contributed by atoms with E-state index < -0.39 is 18.0 Å². The minimum absolute atomic E-state index is 0.00357. The van der Waals surface area contributed by atoms with E-state index in [4.69, 9.17) is 9.84 Å². The van der Waals surface area contributed by atoms with E-state index in [-0.39, 0.29) is 37.5 Å². The van der Waals surface area contributed by atoms with Crippen molar-refractivity contribution < 1.29 is 24.2 Å². The van der Waals surface area contributed by atoms with Gasteiger partial charge in [0.2, 0.25) is 0 Å². The van der Waals surface area contributed by atoms with Gasteiger partial charge in [-0.1, -0.05) is 54.5 Å². The Hall–Kier alpha value is -3.79. The maximum Gasteiger partial charge on any atom is 0.407 e. The molecule has 2 aliphatic carbocycles. The zero-order valence-electron chi connectivity index (χ0n) is 18.2. The van der Waals surface area contributed by atoms with Gasteiger partial charge in [0.25, 0.3) is 5.91 Å². The number of carboxylic acid groups (broad SMARTS) is 1. The standard InChI is InChI=1S/C26H26N2O5/c29-24(28-18-12-11-17(14-18)15-25(30)31)10-5-13-27-26(32)33-16-23-21-8-3-1-6-19(21)20-7-2-4-9-22(20)23/h1-4,6-9,17-18,23H,11-16H2,(H,27,32)(H,28,29)(H,30,31)/t17-,18+/m0/s1. The van der Waals surface area contributed by atoms with Crippen molar-refractivity contribution in [3.8, 4) is 23.0 Å². The molecule has 0 heterocycles. The van der Waals surface area contributed by atoms with Gasteiger partial charge in [-0.15, -0.1) is 0 Å². The van der Waals surface area contributed by atoms with E-state index in [0.29, 0.717) is 6.42 Å². The van der Waals surface area contributed by atoms with Crippen molar-refractivity contribution >= 4 is 18.0 Å². The molecule has 2 aromatic rings. The molecule has 2 aromatic carbocycles. The van der Waals surface area contributed by atoms with Crippen LogP contribution in [0, 0.1) is 17.8 Å². The molecule has 0 aliphatic heterocycles. The zero-order valence-corrected chi connectivity index (χ0v) is 18.2. The molecule has 170 valence electrons. The second-order valence-corrected chi connectivity index (χ2v) is 8.43. The summed E-state index contributed by atoms with van der Waals surface area (Å²) in [7, 11) is 0. The van der Waals surface area contributed by atoms with E-state index >= 15 is 0 Å². The molecule has 7 heteroatoms. The number of carbonyl (C=O) groups is 3. The van der Waals surface area contributed by atoms with Crippen LogP contribution in [0.25, 0.3) is 11.1 Å². The van der Waals surface area contributed by atoms with Crippen LogP contribution < -0.4 is 10.6 Å². The van der Waals surface area contributed by atoms with E-state index in [9.17, 15) is 14.4 Å². The Kier molecular flexibility index (Phi) is 6.94. The SMILES string of the molecule is O=C(O)C[C@H]1CC[C@@H](NC(=O)C#CCNC(=O)OCC2c3ccccc3-c3ccccc32)C1. The lowest BCUT2D eigenvalue weighted by Crippen LogP contribution is -2.32. The number of nitrogens with one attached hydrogen (secondary N) is 2. The third-order valence-corrected chi connectivity index (χ3v) is 6.21. The molecule has 2 amide bonds.